The Morgan fingerprint density at radius 1 is 1.02 bits per heavy atom. The molecule has 220 valence electrons. The highest BCUT2D eigenvalue weighted by molar-refractivity contribution is 7.92. The van der Waals surface area contributed by atoms with Gasteiger partial charge in [-0.15, -0.1) is 0 Å². The second-order valence-corrected chi connectivity index (χ2v) is 13.6. The molecule has 0 aromatic heterocycles. The molecular weight excluding hydrogens is 569 g/mol. The molecule has 2 amide bonds. The van der Waals surface area contributed by atoms with Crippen molar-refractivity contribution in [2.45, 2.75) is 90.8 Å². The fourth-order valence-corrected chi connectivity index (χ4v) is 6.81. The summed E-state index contributed by atoms with van der Waals surface area (Å²) in [6.45, 7) is 6.03. The maximum Gasteiger partial charge on any atom is 0.243 e. The molecule has 0 heterocycles. The maximum atomic E-state index is 13.7. The van der Waals surface area contributed by atoms with E-state index in [1.165, 1.54) is 17.0 Å². The zero-order valence-corrected chi connectivity index (χ0v) is 26.2. The van der Waals surface area contributed by atoms with Crippen LogP contribution in [-0.2, 0) is 26.2 Å². The highest BCUT2D eigenvalue weighted by atomic mass is 35.5. The van der Waals surface area contributed by atoms with Gasteiger partial charge in [-0.05, 0) is 80.5 Å². The molecule has 40 heavy (non-hydrogen) atoms. The Balaban J connectivity index is 1.80. The lowest BCUT2D eigenvalue weighted by Crippen LogP contribution is -2.51. The third-order valence-electron chi connectivity index (χ3n) is 7.34. The van der Waals surface area contributed by atoms with Crippen LogP contribution in [0.25, 0.3) is 0 Å². The number of aryl methyl sites for hydroxylation is 2. The molecule has 0 unspecified atom stereocenters. The molecule has 1 aliphatic carbocycles. The Bertz CT molecular complexity index is 1280. The molecule has 3 rings (SSSR count). The Kier molecular flexibility index (Phi) is 11.7. The van der Waals surface area contributed by atoms with E-state index in [9.17, 15) is 18.0 Å². The molecule has 0 spiro atoms. The molecule has 1 N–H and O–H groups in total. The summed E-state index contributed by atoms with van der Waals surface area (Å²) in [5.41, 5.74) is 3.19. The van der Waals surface area contributed by atoms with Gasteiger partial charge in [0.1, 0.15) is 6.04 Å². The number of rotatable bonds is 12. The molecule has 2 aromatic rings. The van der Waals surface area contributed by atoms with Gasteiger partial charge in [-0.3, -0.25) is 13.9 Å². The highest BCUT2D eigenvalue weighted by Gasteiger charge is 2.31. The Hall–Kier alpha value is -2.29. The SMILES string of the molecule is CC[C@H](C(=O)NC1CCCCC1)N(Cc1ccc(Cl)cc1Cl)C(=O)CCCN(c1cc(C)cc(C)c1)S(C)(=O)=O. The van der Waals surface area contributed by atoms with Gasteiger partial charge < -0.3 is 10.2 Å². The number of nitrogens with one attached hydrogen (secondary N) is 1. The number of sulfonamides is 1. The molecule has 10 heteroatoms. The van der Waals surface area contributed by atoms with Crippen LogP contribution in [0.1, 0.15) is 75.0 Å². The van der Waals surface area contributed by atoms with Gasteiger partial charge in [-0.25, -0.2) is 8.42 Å². The van der Waals surface area contributed by atoms with Crippen molar-refractivity contribution < 1.29 is 18.0 Å². The summed E-state index contributed by atoms with van der Waals surface area (Å²) in [6.07, 6.45) is 7.22. The first-order chi connectivity index (χ1) is 18.9. The molecule has 0 aliphatic heterocycles. The highest BCUT2D eigenvalue weighted by Crippen LogP contribution is 2.26. The first kappa shape index (κ1) is 32.2. The van der Waals surface area contributed by atoms with Crippen LogP contribution >= 0.6 is 23.2 Å². The average molecular weight is 611 g/mol. The average Bonchev–Trinajstić information content (AvgIpc) is 2.86. The van der Waals surface area contributed by atoms with Crippen LogP contribution in [0.4, 0.5) is 5.69 Å². The van der Waals surface area contributed by atoms with Gasteiger partial charge in [0.15, 0.2) is 0 Å². The second-order valence-electron chi connectivity index (χ2n) is 10.8. The van der Waals surface area contributed by atoms with E-state index in [-0.39, 0.29) is 37.4 Å². The third kappa shape index (κ3) is 9.11. The summed E-state index contributed by atoms with van der Waals surface area (Å²) in [7, 11) is -3.56. The van der Waals surface area contributed by atoms with Crippen molar-refractivity contribution in [2.75, 3.05) is 17.1 Å². The van der Waals surface area contributed by atoms with Crippen molar-refractivity contribution in [1.82, 2.24) is 10.2 Å². The van der Waals surface area contributed by atoms with Crippen molar-refractivity contribution in [3.8, 4) is 0 Å². The van der Waals surface area contributed by atoms with Gasteiger partial charge in [0.05, 0.1) is 11.9 Å². The first-order valence-electron chi connectivity index (χ1n) is 14.0. The van der Waals surface area contributed by atoms with Crippen molar-refractivity contribution >= 4 is 50.7 Å². The molecule has 0 bridgehead atoms. The summed E-state index contributed by atoms with van der Waals surface area (Å²) in [5.74, 6) is -0.397. The van der Waals surface area contributed by atoms with E-state index in [1.807, 2.05) is 39.0 Å². The smallest absolute Gasteiger partial charge is 0.243 e. The molecule has 1 fully saturated rings. The van der Waals surface area contributed by atoms with E-state index in [2.05, 4.69) is 5.32 Å². The van der Waals surface area contributed by atoms with Crippen LogP contribution in [0.2, 0.25) is 10.0 Å². The standard InChI is InChI=1S/C30H41Cl2N3O4S/c1-5-28(30(37)33-25-10-7-6-8-11-25)34(20-23-13-14-24(31)19-27(23)32)29(36)12-9-15-35(40(4,38)39)26-17-21(2)16-22(3)18-26/h13-14,16-19,25,28H,5-12,15,20H2,1-4H3,(H,33,37)/t28-/m1/s1. The van der Waals surface area contributed by atoms with E-state index in [4.69, 9.17) is 23.2 Å². The maximum absolute atomic E-state index is 13.7. The molecular formula is C30H41Cl2N3O4S. The van der Waals surface area contributed by atoms with Crippen molar-refractivity contribution in [3.05, 3.63) is 63.1 Å². The van der Waals surface area contributed by atoms with Crippen LogP contribution in [0.15, 0.2) is 36.4 Å². The lowest BCUT2D eigenvalue weighted by molar-refractivity contribution is -0.141. The predicted octanol–water partition coefficient (Wildman–Crippen LogP) is 6.41. The largest absolute Gasteiger partial charge is 0.352 e. The number of benzene rings is 2. The van der Waals surface area contributed by atoms with Crippen LogP contribution < -0.4 is 9.62 Å². The molecule has 7 nitrogen and oxygen atoms in total. The Morgan fingerprint density at radius 3 is 2.25 bits per heavy atom. The van der Waals surface area contributed by atoms with Gasteiger partial charge in [-0.2, -0.15) is 0 Å². The number of hydrogen-bond acceptors (Lipinski definition) is 4. The zero-order chi connectivity index (χ0) is 29.4. The quantitative estimate of drug-likeness (QED) is 0.301. The number of halogens is 2. The van der Waals surface area contributed by atoms with E-state index in [1.54, 1.807) is 23.1 Å². The molecule has 1 aliphatic rings. The van der Waals surface area contributed by atoms with Gasteiger partial charge in [0, 0.05) is 35.6 Å². The number of anilines is 1. The fourth-order valence-electron chi connectivity index (χ4n) is 5.40. The fraction of sp³-hybridized carbons (Fsp3) is 0.533. The molecule has 0 saturated heterocycles. The number of nitrogens with zero attached hydrogens (tertiary/aromatic N) is 2. The van der Waals surface area contributed by atoms with E-state index >= 15 is 0 Å². The minimum atomic E-state index is -3.56. The minimum Gasteiger partial charge on any atom is -0.352 e. The summed E-state index contributed by atoms with van der Waals surface area (Å²) in [6, 6.07) is 10.2. The van der Waals surface area contributed by atoms with Crippen LogP contribution in [0, 0.1) is 13.8 Å². The Morgan fingerprint density at radius 2 is 1.68 bits per heavy atom. The number of carbonyl (C=O) groups excluding carboxylic acids is 2. The van der Waals surface area contributed by atoms with Gasteiger partial charge in [0.25, 0.3) is 0 Å². The lowest BCUT2D eigenvalue weighted by atomic mass is 9.95. The number of amides is 2. The Labute approximate surface area is 249 Å². The van der Waals surface area contributed by atoms with E-state index < -0.39 is 16.1 Å². The summed E-state index contributed by atoms with van der Waals surface area (Å²) < 4.78 is 26.7. The van der Waals surface area contributed by atoms with E-state index in [0.29, 0.717) is 34.1 Å². The van der Waals surface area contributed by atoms with Crippen molar-refractivity contribution in [3.63, 3.8) is 0 Å². The van der Waals surface area contributed by atoms with Gasteiger partial charge in [-0.1, -0.05) is 61.5 Å². The summed E-state index contributed by atoms with van der Waals surface area (Å²) in [5, 5.41) is 4.08. The topological polar surface area (TPSA) is 86.8 Å². The van der Waals surface area contributed by atoms with Crippen LogP contribution in [0.5, 0.6) is 0 Å². The molecule has 1 saturated carbocycles. The van der Waals surface area contributed by atoms with E-state index in [0.717, 1.165) is 36.8 Å². The normalized spacial score (nSPS) is 14.9. The van der Waals surface area contributed by atoms with Crippen LogP contribution in [0.3, 0.4) is 0 Å². The van der Waals surface area contributed by atoms with Gasteiger partial charge in [0.2, 0.25) is 21.8 Å². The first-order valence-corrected chi connectivity index (χ1v) is 16.6. The lowest BCUT2D eigenvalue weighted by Gasteiger charge is -2.33. The molecule has 2 aromatic carbocycles. The zero-order valence-electron chi connectivity index (χ0n) is 23.9. The number of carbonyl (C=O) groups is 2. The third-order valence-corrected chi connectivity index (χ3v) is 9.12. The monoisotopic (exact) mass is 609 g/mol. The van der Waals surface area contributed by atoms with Gasteiger partial charge >= 0.3 is 0 Å². The summed E-state index contributed by atoms with van der Waals surface area (Å²) in [4.78, 5) is 28.7. The number of hydrogen-bond donors (Lipinski definition) is 1. The van der Waals surface area contributed by atoms with Crippen molar-refractivity contribution in [2.24, 2.45) is 0 Å². The summed E-state index contributed by atoms with van der Waals surface area (Å²) >= 11 is 12.5. The van der Waals surface area contributed by atoms with Crippen molar-refractivity contribution in [1.29, 1.82) is 0 Å². The van der Waals surface area contributed by atoms with Crippen LogP contribution in [-0.4, -0.2) is 50.0 Å². The minimum absolute atomic E-state index is 0.0786. The molecule has 1 atom stereocenters. The molecule has 0 radical (unpaired) electrons. The second kappa shape index (κ2) is 14.6. The predicted molar refractivity (Wildman–Crippen MR) is 163 cm³/mol.